The van der Waals surface area contributed by atoms with Gasteiger partial charge in [0.25, 0.3) is 0 Å². The predicted octanol–water partition coefficient (Wildman–Crippen LogP) is 4.63. The third kappa shape index (κ3) is 2.71. The Labute approximate surface area is 180 Å². The van der Waals surface area contributed by atoms with Crippen LogP contribution in [0.15, 0.2) is 100 Å². The van der Waals surface area contributed by atoms with Crippen LogP contribution in [0, 0.1) is 0 Å². The zero-order valence-corrected chi connectivity index (χ0v) is 16.8. The summed E-state index contributed by atoms with van der Waals surface area (Å²) in [4.78, 5) is 6.91. The van der Waals surface area contributed by atoms with Crippen molar-refractivity contribution in [3.63, 3.8) is 0 Å². The maximum Gasteiger partial charge on any atom is 0.176 e. The molecule has 31 heavy (non-hydrogen) atoms. The van der Waals surface area contributed by atoms with Crippen LogP contribution in [0.3, 0.4) is 0 Å². The van der Waals surface area contributed by atoms with Crippen molar-refractivity contribution in [2.75, 3.05) is 4.90 Å². The first-order valence-electron chi connectivity index (χ1n) is 10.4. The fourth-order valence-electron chi connectivity index (χ4n) is 4.90. The number of rotatable bonds is 3. The van der Waals surface area contributed by atoms with Gasteiger partial charge in [-0.15, -0.1) is 0 Å². The van der Waals surface area contributed by atoms with E-state index in [9.17, 15) is 0 Å². The van der Waals surface area contributed by atoms with Crippen molar-refractivity contribution in [2.45, 2.75) is 18.2 Å². The molecular weight excluding hydrogens is 384 g/mol. The summed E-state index contributed by atoms with van der Waals surface area (Å²) in [6.07, 6.45) is 7.95. The molecule has 4 aromatic rings. The number of allylic oxidation sites excluding steroid dienone is 2. The van der Waals surface area contributed by atoms with Crippen LogP contribution in [0.1, 0.15) is 17.0 Å². The van der Waals surface area contributed by atoms with E-state index >= 15 is 0 Å². The molecule has 0 saturated carbocycles. The van der Waals surface area contributed by atoms with E-state index in [0.29, 0.717) is 5.84 Å². The highest BCUT2D eigenvalue weighted by Crippen LogP contribution is 2.44. The number of hydrogen-bond acceptors (Lipinski definition) is 4. The highest BCUT2D eigenvalue weighted by atomic mass is 16.3. The number of benzene rings is 3. The van der Waals surface area contributed by atoms with Crippen molar-refractivity contribution in [3.05, 3.63) is 102 Å². The van der Waals surface area contributed by atoms with E-state index in [1.54, 1.807) is 0 Å². The van der Waals surface area contributed by atoms with Crippen LogP contribution < -0.4 is 16.4 Å². The molecule has 3 atom stereocenters. The van der Waals surface area contributed by atoms with Gasteiger partial charge in [-0.3, -0.25) is 5.73 Å². The summed E-state index contributed by atoms with van der Waals surface area (Å²) in [5.74, 6) is 0.672. The van der Waals surface area contributed by atoms with E-state index < -0.39 is 6.29 Å². The van der Waals surface area contributed by atoms with Gasteiger partial charge in [-0.05, 0) is 23.8 Å². The topological polar surface area (TPSA) is 80.8 Å². The third-order valence-corrected chi connectivity index (χ3v) is 6.24. The van der Waals surface area contributed by atoms with Crippen LogP contribution in [0.2, 0.25) is 0 Å². The second kappa shape index (κ2) is 6.86. The van der Waals surface area contributed by atoms with E-state index in [1.807, 2.05) is 48.5 Å². The van der Waals surface area contributed by atoms with E-state index in [-0.39, 0.29) is 12.0 Å². The van der Waals surface area contributed by atoms with Crippen molar-refractivity contribution in [2.24, 2.45) is 16.5 Å². The molecule has 0 bridgehead atoms. The molecule has 6 rings (SSSR count). The standard InChI is InChI=1S/C26H22N4O/c27-25(19-11-7-15-23-24(19)18-10-3-6-14-22(18)31-23)29-26(28)30-20-12-4-1-8-16(20)17-9-2-5-13-21(17)30/h1-16,20,26H,28H2,(H2,27,29). The summed E-state index contributed by atoms with van der Waals surface area (Å²) in [5.41, 5.74) is 18.0. The zero-order chi connectivity index (χ0) is 20.9. The molecule has 2 aliphatic rings. The number of anilines is 1. The number of hydrogen-bond donors (Lipinski definition) is 2. The van der Waals surface area contributed by atoms with Gasteiger partial charge < -0.3 is 15.1 Å². The summed E-state index contributed by atoms with van der Waals surface area (Å²) in [5, 5.41) is 1.98. The normalized spacial score (nSPS) is 20.9. The highest BCUT2D eigenvalue weighted by Gasteiger charge is 2.38. The van der Waals surface area contributed by atoms with Crippen molar-refractivity contribution < 1.29 is 4.42 Å². The largest absolute Gasteiger partial charge is 0.456 e. The molecule has 4 N–H and O–H groups in total. The van der Waals surface area contributed by atoms with E-state index in [4.69, 9.17) is 20.9 Å². The van der Waals surface area contributed by atoms with Crippen LogP contribution in [0.5, 0.6) is 0 Å². The van der Waals surface area contributed by atoms with E-state index in [2.05, 4.69) is 47.4 Å². The minimum Gasteiger partial charge on any atom is -0.456 e. The minimum atomic E-state index is -0.610. The smallest absolute Gasteiger partial charge is 0.176 e. The van der Waals surface area contributed by atoms with Crippen molar-refractivity contribution in [3.8, 4) is 0 Å². The monoisotopic (exact) mass is 406 g/mol. The molecule has 152 valence electrons. The Bertz CT molecular complexity index is 1400. The maximum absolute atomic E-state index is 6.65. The molecule has 5 heteroatoms. The van der Waals surface area contributed by atoms with Crippen LogP contribution in [0.25, 0.3) is 21.9 Å². The highest BCUT2D eigenvalue weighted by molar-refractivity contribution is 6.17. The second-order valence-electron chi connectivity index (χ2n) is 7.96. The first-order valence-corrected chi connectivity index (χ1v) is 10.4. The Balaban J connectivity index is 1.44. The van der Waals surface area contributed by atoms with Crippen LogP contribution in [-0.2, 0) is 0 Å². The predicted molar refractivity (Wildman–Crippen MR) is 126 cm³/mol. The lowest BCUT2D eigenvalue weighted by molar-refractivity contribution is 0.579. The summed E-state index contributed by atoms with van der Waals surface area (Å²) in [6.45, 7) is 0. The number of aliphatic imine (C=N–C) groups is 1. The third-order valence-electron chi connectivity index (χ3n) is 6.24. The number of nitrogens with two attached hydrogens (primary N) is 2. The van der Waals surface area contributed by atoms with Gasteiger partial charge in [0.2, 0.25) is 0 Å². The molecule has 3 aromatic carbocycles. The van der Waals surface area contributed by atoms with Crippen LogP contribution in [-0.4, -0.2) is 18.2 Å². The molecule has 5 nitrogen and oxygen atoms in total. The summed E-state index contributed by atoms with van der Waals surface area (Å²) < 4.78 is 6.00. The molecule has 1 aliphatic carbocycles. The van der Waals surface area contributed by atoms with Gasteiger partial charge in [-0.2, -0.15) is 0 Å². The number of para-hydroxylation sites is 2. The lowest BCUT2D eigenvalue weighted by Crippen LogP contribution is -2.46. The molecule has 0 fully saturated rings. The molecular formula is C26H22N4O. The fraction of sp³-hybridized carbons (Fsp3) is 0.115. The molecule has 0 radical (unpaired) electrons. The molecule has 0 spiro atoms. The van der Waals surface area contributed by atoms with Gasteiger partial charge in [0.1, 0.15) is 17.0 Å². The molecule has 1 aliphatic heterocycles. The van der Waals surface area contributed by atoms with Gasteiger partial charge >= 0.3 is 0 Å². The fourth-order valence-corrected chi connectivity index (χ4v) is 4.90. The quantitative estimate of drug-likeness (QED) is 0.384. The minimum absolute atomic E-state index is 0.125. The van der Waals surface area contributed by atoms with Gasteiger partial charge in [0, 0.05) is 27.9 Å². The zero-order valence-electron chi connectivity index (χ0n) is 16.8. The van der Waals surface area contributed by atoms with Crippen molar-refractivity contribution >= 4 is 33.5 Å². The van der Waals surface area contributed by atoms with Crippen LogP contribution in [0.4, 0.5) is 5.69 Å². The average Bonchev–Trinajstić information content (AvgIpc) is 3.35. The number of furan rings is 1. The average molecular weight is 406 g/mol. The van der Waals surface area contributed by atoms with Gasteiger partial charge in [-0.1, -0.05) is 72.8 Å². The number of nitrogens with zero attached hydrogens (tertiary/aromatic N) is 2. The lowest BCUT2D eigenvalue weighted by atomic mass is 9.91. The van der Waals surface area contributed by atoms with E-state index in [1.165, 1.54) is 5.56 Å². The summed E-state index contributed by atoms with van der Waals surface area (Å²) in [6, 6.07) is 22.3. The first kappa shape index (κ1) is 18.0. The second-order valence-corrected chi connectivity index (χ2v) is 7.96. The Morgan fingerprint density at radius 3 is 2.61 bits per heavy atom. The SMILES string of the molecule is NC(=NC(N)N1c2ccccc2C2C=CC=CC21)c1cccc2oc3ccccc3c12. The van der Waals surface area contributed by atoms with Gasteiger partial charge in [-0.25, -0.2) is 4.99 Å². The Kier molecular flexibility index (Phi) is 3.98. The van der Waals surface area contributed by atoms with Gasteiger partial charge in [0.05, 0.1) is 6.04 Å². The molecule has 1 aromatic heterocycles. The lowest BCUT2D eigenvalue weighted by Gasteiger charge is -2.31. The van der Waals surface area contributed by atoms with Crippen molar-refractivity contribution in [1.29, 1.82) is 0 Å². The maximum atomic E-state index is 6.65. The van der Waals surface area contributed by atoms with E-state index in [0.717, 1.165) is 33.2 Å². The summed E-state index contributed by atoms with van der Waals surface area (Å²) in [7, 11) is 0. The Hall–Kier alpha value is -3.83. The molecule has 2 heterocycles. The summed E-state index contributed by atoms with van der Waals surface area (Å²) >= 11 is 0. The molecule has 3 unspecified atom stereocenters. The molecule has 0 amide bonds. The first-order chi connectivity index (χ1) is 15.2. The number of amidine groups is 1. The number of fused-ring (bicyclic) bond motifs is 6. The van der Waals surface area contributed by atoms with Crippen LogP contribution >= 0.6 is 0 Å². The Morgan fingerprint density at radius 2 is 1.68 bits per heavy atom. The van der Waals surface area contributed by atoms with Gasteiger partial charge in [0.15, 0.2) is 6.29 Å². The molecule has 0 saturated heterocycles. The van der Waals surface area contributed by atoms with Crippen molar-refractivity contribution in [1.82, 2.24) is 0 Å². The Morgan fingerprint density at radius 1 is 0.903 bits per heavy atom.